The molecule has 5 rings (SSSR count). The Morgan fingerprint density at radius 2 is 1.81 bits per heavy atom. The summed E-state index contributed by atoms with van der Waals surface area (Å²) in [5.41, 5.74) is 4.97. The number of hydrogen-bond acceptors (Lipinski definition) is 6. The van der Waals surface area contributed by atoms with E-state index in [2.05, 4.69) is 50.9 Å². The molecule has 168 valence electrons. The maximum absolute atomic E-state index is 12.8. The summed E-state index contributed by atoms with van der Waals surface area (Å²) in [6.45, 7) is 6.05. The molecule has 2 aromatic heterocycles. The fourth-order valence-corrected chi connectivity index (χ4v) is 5.12. The number of fused-ring (bicyclic) bond motifs is 1. The highest BCUT2D eigenvalue weighted by molar-refractivity contribution is 6.31. The highest BCUT2D eigenvalue weighted by Gasteiger charge is 2.37. The largest absolute Gasteiger partial charge is 0.367 e. The highest BCUT2D eigenvalue weighted by atomic mass is 35.5. The van der Waals surface area contributed by atoms with Gasteiger partial charge in [-0.25, -0.2) is 4.98 Å². The van der Waals surface area contributed by atoms with Crippen molar-refractivity contribution in [2.45, 2.75) is 31.8 Å². The van der Waals surface area contributed by atoms with Crippen molar-refractivity contribution < 1.29 is 4.79 Å². The van der Waals surface area contributed by atoms with Gasteiger partial charge in [-0.15, -0.1) is 0 Å². The van der Waals surface area contributed by atoms with E-state index in [-0.39, 0.29) is 17.9 Å². The average molecular weight is 453 g/mol. The number of halogens is 1. The van der Waals surface area contributed by atoms with Crippen LogP contribution in [0, 0.1) is 6.92 Å². The molecular formula is C24H29ClN6O. The number of piperazine rings is 1. The van der Waals surface area contributed by atoms with E-state index < -0.39 is 0 Å². The van der Waals surface area contributed by atoms with Gasteiger partial charge in [0.15, 0.2) is 0 Å². The summed E-state index contributed by atoms with van der Waals surface area (Å²) >= 11 is 6.35. The van der Waals surface area contributed by atoms with Gasteiger partial charge in [0, 0.05) is 50.2 Å². The third kappa shape index (κ3) is 3.78. The van der Waals surface area contributed by atoms with E-state index in [4.69, 9.17) is 16.6 Å². The lowest BCUT2D eigenvalue weighted by Gasteiger charge is -2.38. The number of nitrogens with one attached hydrogen (secondary N) is 1. The second kappa shape index (κ2) is 8.46. The lowest BCUT2D eigenvalue weighted by atomic mass is 9.91. The zero-order chi connectivity index (χ0) is 22.4. The molecule has 0 aliphatic carbocycles. The predicted octanol–water partition coefficient (Wildman–Crippen LogP) is 3.75. The van der Waals surface area contributed by atoms with E-state index in [0.29, 0.717) is 17.9 Å². The minimum atomic E-state index is -0.130. The Morgan fingerprint density at radius 3 is 2.59 bits per heavy atom. The minimum Gasteiger partial charge on any atom is -0.367 e. The molecule has 0 unspecified atom stereocenters. The van der Waals surface area contributed by atoms with Gasteiger partial charge in [-0.05, 0) is 44.8 Å². The van der Waals surface area contributed by atoms with Gasteiger partial charge < -0.3 is 14.8 Å². The molecule has 1 aromatic carbocycles. The summed E-state index contributed by atoms with van der Waals surface area (Å²) in [5, 5.41) is 0.679. The van der Waals surface area contributed by atoms with Crippen molar-refractivity contribution in [3.8, 4) is 0 Å². The van der Waals surface area contributed by atoms with E-state index in [1.807, 2.05) is 13.0 Å². The van der Waals surface area contributed by atoms with E-state index in [1.165, 1.54) is 5.69 Å². The minimum absolute atomic E-state index is 0.120. The van der Waals surface area contributed by atoms with Crippen LogP contribution in [-0.2, 0) is 4.79 Å². The van der Waals surface area contributed by atoms with Crippen LogP contribution in [0.2, 0.25) is 5.02 Å². The topological polar surface area (TPSA) is 68.4 Å². The zero-order valence-electron chi connectivity index (χ0n) is 18.8. The fourth-order valence-electron chi connectivity index (χ4n) is 4.97. The first-order valence-corrected chi connectivity index (χ1v) is 11.6. The third-order valence-electron chi connectivity index (χ3n) is 6.99. The normalized spacial score (nSPS) is 23.2. The molecule has 2 aliphatic rings. The molecule has 0 spiro atoms. The molecule has 2 saturated heterocycles. The molecule has 2 aliphatic heterocycles. The van der Waals surface area contributed by atoms with Gasteiger partial charge >= 0.3 is 0 Å². The van der Waals surface area contributed by atoms with Crippen LogP contribution >= 0.6 is 11.6 Å². The number of ketones is 1. The maximum Gasteiger partial charge on any atom is 0.136 e. The number of aromatic nitrogens is 3. The SMILES string of the molecule is Cc1c(Cl)ccnc1[C@@H]1CC(=O)C[C@H](c2nc3cccc(N4CCN(C)CC4)c3[nH]2)N1C. The standard InChI is InChI=1S/C24H29ClN6O/c1-15-17(25)7-8-26-22(15)20-13-16(32)14-21(30(20)3)24-27-18-5-4-6-19(23(18)28-24)31-11-9-29(2)10-12-31/h4-8,20-21H,9-14H2,1-3H3,(H,27,28)/t20-,21+/m0/s1. The van der Waals surface area contributed by atoms with Crippen LogP contribution < -0.4 is 4.90 Å². The van der Waals surface area contributed by atoms with Crippen molar-refractivity contribution in [1.82, 2.24) is 24.8 Å². The smallest absolute Gasteiger partial charge is 0.136 e. The number of likely N-dealkylation sites (N-methyl/N-ethyl adjacent to an activating group) is 1. The van der Waals surface area contributed by atoms with Crippen molar-refractivity contribution in [3.05, 3.63) is 52.6 Å². The number of aromatic amines is 1. The van der Waals surface area contributed by atoms with E-state index in [1.54, 1.807) is 12.3 Å². The quantitative estimate of drug-likeness (QED) is 0.652. The molecule has 3 aromatic rings. The van der Waals surface area contributed by atoms with Crippen LogP contribution in [0.15, 0.2) is 30.5 Å². The number of hydrogen-bond donors (Lipinski definition) is 1. The van der Waals surface area contributed by atoms with Crippen LogP contribution in [0.3, 0.4) is 0 Å². The molecule has 32 heavy (non-hydrogen) atoms. The van der Waals surface area contributed by atoms with Crippen molar-refractivity contribution in [3.63, 3.8) is 0 Å². The Labute approximate surface area is 193 Å². The number of likely N-dealkylation sites (tertiary alicyclic amines) is 1. The van der Waals surface area contributed by atoms with Gasteiger partial charge in [0.05, 0.1) is 34.5 Å². The molecule has 0 radical (unpaired) electrons. The molecule has 7 nitrogen and oxygen atoms in total. The summed E-state index contributed by atoms with van der Waals surface area (Å²) in [6.07, 6.45) is 2.60. The lowest BCUT2D eigenvalue weighted by Crippen LogP contribution is -2.44. The van der Waals surface area contributed by atoms with Crippen LogP contribution in [0.5, 0.6) is 0 Å². The second-order valence-corrected chi connectivity index (χ2v) is 9.44. The first-order valence-electron chi connectivity index (χ1n) is 11.2. The van der Waals surface area contributed by atoms with Gasteiger partial charge in [-0.2, -0.15) is 0 Å². The van der Waals surface area contributed by atoms with Crippen molar-refractivity contribution >= 4 is 34.1 Å². The average Bonchev–Trinajstić information content (AvgIpc) is 3.22. The summed E-state index contributed by atoms with van der Waals surface area (Å²) in [7, 11) is 4.22. The van der Waals surface area contributed by atoms with Crippen LogP contribution in [0.4, 0.5) is 5.69 Å². The summed E-state index contributed by atoms with van der Waals surface area (Å²) in [4.78, 5) is 32.9. The van der Waals surface area contributed by atoms with Gasteiger partial charge in [0.25, 0.3) is 0 Å². The molecule has 0 saturated carbocycles. The van der Waals surface area contributed by atoms with Crippen molar-refractivity contribution in [1.29, 1.82) is 0 Å². The fraction of sp³-hybridized carbons (Fsp3) is 0.458. The number of piperidine rings is 1. The first-order chi connectivity index (χ1) is 15.4. The predicted molar refractivity (Wildman–Crippen MR) is 127 cm³/mol. The van der Waals surface area contributed by atoms with Crippen molar-refractivity contribution in [2.75, 3.05) is 45.2 Å². The van der Waals surface area contributed by atoms with E-state index in [9.17, 15) is 4.79 Å². The monoisotopic (exact) mass is 452 g/mol. The number of rotatable bonds is 3. The number of imidazole rings is 1. The van der Waals surface area contributed by atoms with Crippen LogP contribution in [-0.4, -0.2) is 70.8 Å². The number of nitrogens with zero attached hydrogens (tertiary/aromatic N) is 5. The number of carbonyl (C=O) groups excluding carboxylic acids is 1. The van der Waals surface area contributed by atoms with Crippen molar-refractivity contribution in [2.24, 2.45) is 0 Å². The van der Waals surface area contributed by atoms with Gasteiger partial charge in [0.1, 0.15) is 11.6 Å². The van der Waals surface area contributed by atoms with E-state index >= 15 is 0 Å². The molecule has 0 amide bonds. The summed E-state index contributed by atoms with van der Waals surface area (Å²) in [6, 6.07) is 7.81. The molecule has 4 heterocycles. The first kappa shape index (κ1) is 21.4. The van der Waals surface area contributed by atoms with Gasteiger partial charge in [-0.3, -0.25) is 14.7 Å². The maximum atomic E-state index is 12.8. The van der Waals surface area contributed by atoms with Crippen LogP contribution in [0.25, 0.3) is 11.0 Å². The van der Waals surface area contributed by atoms with Crippen LogP contribution in [0.1, 0.15) is 42.0 Å². The number of H-pyrrole nitrogens is 1. The Bertz CT molecular complexity index is 1150. The number of pyridine rings is 1. The Morgan fingerprint density at radius 1 is 1.06 bits per heavy atom. The van der Waals surface area contributed by atoms with Gasteiger partial charge in [0.2, 0.25) is 0 Å². The second-order valence-electron chi connectivity index (χ2n) is 9.03. The highest BCUT2D eigenvalue weighted by Crippen LogP contribution is 2.40. The number of benzene rings is 1. The molecule has 2 atom stereocenters. The lowest BCUT2D eigenvalue weighted by molar-refractivity contribution is -0.125. The number of para-hydroxylation sites is 1. The Kier molecular flexibility index (Phi) is 5.65. The Balaban J connectivity index is 1.49. The number of Topliss-reactive ketones (excluding diaryl/α,β-unsaturated/α-hetero) is 1. The number of carbonyl (C=O) groups is 1. The summed E-state index contributed by atoms with van der Waals surface area (Å²) in [5.74, 6) is 1.06. The molecule has 2 fully saturated rings. The van der Waals surface area contributed by atoms with Gasteiger partial charge in [-0.1, -0.05) is 17.7 Å². The Hall–Kier alpha value is -2.48. The zero-order valence-corrected chi connectivity index (χ0v) is 19.6. The number of anilines is 1. The molecule has 8 heteroatoms. The summed E-state index contributed by atoms with van der Waals surface area (Å²) < 4.78 is 0. The van der Waals surface area contributed by atoms with E-state index in [0.717, 1.165) is 54.3 Å². The third-order valence-corrected chi connectivity index (χ3v) is 7.40. The molecular weight excluding hydrogens is 424 g/mol. The molecule has 1 N–H and O–H groups in total. The molecule has 0 bridgehead atoms.